The van der Waals surface area contributed by atoms with Gasteiger partial charge in [-0.25, -0.2) is 4.98 Å². The van der Waals surface area contributed by atoms with Crippen LogP contribution in [0.1, 0.15) is 19.4 Å². The van der Waals surface area contributed by atoms with Crippen LogP contribution < -0.4 is 5.32 Å². The molecule has 1 saturated heterocycles. The molecule has 2 heterocycles. The Morgan fingerprint density at radius 3 is 3.11 bits per heavy atom. The van der Waals surface area contributed by atoms with Gasteiger partial charge in [0.25, 0.3) is 0 Å². The molecule has 0 aromatic carbocycles. The second kappa shape index (κ2) is 6.20. The van der Waals surface area contributed by atoms with Crippen LogP contribution in [0.25, 0.3) is 0 Å². The largest absolute Gasteiger partial charge is 0.383 e. The summed E-state index contributed by atoms with van der Waals surface area (Å²) in [6.45, 7) is 6.24. The van der Waals surface area contributed by atoms with Gasteiger partial charge in [-0.15, -0.1) is 0 Å². The van der Waals surface area contributed by atoms with Crippen molar-refractivity contribution >= 4 is 5.95 Å². The van der Waals surface area contributed by atoms with Crippen molar-refractivity contribution in [2.45, 2.75) is 19.4 Å². The van der Waals surface area contributed by atoms with E-state index >= 15 is 0 Å². The SMILES string of the molecule is COCC(C)n1ccnc1NCC1CCN(C)C1. The molecule has 0 radical (unpaired) electrons. The van der Waals surface area contributed by atoms with Gasteiger partial charge in [-0.3, -0.25) is 0 Å². The van der Waals surface area contributed by atoms with Crippen LogP contribution in [-0.4, -0.2) is 54.8 Å². The maximum atomic E-state index is 5.19. The fourth-order valence-electron chi connectivity index (χ4n) is 2.56. The van der Waals surface area contributed by atoms with E-state index in [-0.39, 0.29) is 0 Å². The average Bonchev–Trinajstić information content (AvgIpc) is 2.95. The third-order valence-electron chi connectivity index (χ3n) is 3.59. The predicted octanol–water partition coefficient (Wildman–Crippen LogP) is 1.45. The van der Waals surface area contributed by atoms with E-state index in [2.05, 4.69) is 33.7 Å². The highest BCUT2D eigenvalue weighted by atomic mass is 16.5. The maximum Gasteiger partial charge on any atom is 0.203 e. The van der Waals surface area contributed by atoms with Gasteiger partial charge in [0.1, 0.15) is 0 Å². The molecule has 0 amide bonds. The number of aromatic nitrogens is 2. The molecular formula is C13H24N4O. The number of rotatable bonds is 6. The molecule has 5 heteroatoms. The number of hydrogen-bond acceptors (Lipinski definition) is 4. The van der Waals surface area contributed by atoms with E-state index in [1.54, 1.807) is 7.11 Å². The van der Waals surface area contributed by atoms with E-state index in [4.69, 9.17) is 4.74 Å². The van der Waals surface area contributed by atoms with E-state index in [1.165, 1.54) is 19.5 Å². The fraction of sp³-hybridized carbons (Fsp3) is 0.769. The Labute approximate surface area is 109 Å². The molecule has 1 aromatic heterocycles. The molecule has 1 fully saturated rings. The summed E-state index contributed by atoms with van der Waals surface area (Å²) in [6, 6.07) is 0.311. The van der Waals surface area contributed by atoms with Crippen LogP contribution in [-0.2, 0) is 4.74 Å². The predicted molar refractivity (Wildman–Crippen MR) is 72.9 cm³/mol. The van der Waals surface area contributed by atoms with Gasteiger partial charge in [0.2, 0.25) is 5.95 Å². The van der Waals surface area contributed by atoms with E-state index in [9.17, 15) is 0 Å². The molecule has 1 aliphatic heterocycles. The summed E-state index contributed by atoms with van der Waals surface area (Å²) in [5.74, 6) is 1.69. The second-order valence-corrected chi connectivity index (χ2v) is 5.26. The lowest BCUT2D eigenvalue weighted by molar-refractivity contribution is 0.163. The zero-order valence-electron chi connectivity index (χ0n) is 11.6. The van der Waals surface area contributed by atoms with Gasteiger partial charge in [-0.05, 0) is 32.9 Å². The summed E-state index contributed by atoms with van der Waals surface area (Å²) in [7, 11) is 3.91. The molecular weight excluding hydrogens is 228 g/mol. The molecule has 1 aromatic rings. The molecule has 5 nitrogen and oxygen atoms in total. The molecule has 0 aliphatic carbocycles. The first kappa shape index (κ1) is 13.4. The number of anilines is 1. The number of nitrogens with one attached hydrogen (secondary N) is 1. The molecule has 2 atom stereocenters. The normalized spacial score (nSPS) is 22.3. The first-order valence-corrected chi connectivity index (χ1v) is 6.65. The highest BCUT2D eigenvalue weighted by Crippen LogP contribution is 2.17. The summed E-state index contributed by atoms with van der Waals surface area (Å²) in [6.07, 6.45) is 5.12. The van der Waals surface area contributed by atoms with Crippen LogP contribution in [0.4, 0.5) is 5.95 Å². The van der Waals surface area contributed by atoms with Crippen LogP contribution in [0.15, 0.2) is 12.4 Å². The van der Waals surface area contributed by atoms with Crippen LogP contribution in [0.3, 0.4) is 0 Å². The van der Waals surface area contributed by atoms with Gasteiger partial charge in [0.05, 0.1) is 12.6 Å². The molecule has 0 bridgehead atoms. The number of ether oxygens (including phenoxy) is 1. The smallest absolute Gasteiger partial charge is 0.203 e. The number of imidazole rings is 1. The van der Waals surface area contributed by atoms with Crippen LogP contribution in [0.2, 0.25) is 0 Å². The van der Waals surface area contributed by atoms with E-state index in [0.717, 1.165) is 18.4 Å². The minimum Gasteiger partial charge on any atom is -0.383 e. The summed E-state index contributed by atoms with van der Waals surface area (Å²) in [4.78, 5) is 6.76. The zero-order valence-corrected chi connectivity index (χ0v) is 11.6. The molecule has 102 valence electrons. The number of likely N-dealkylation sites (tertiary alicyclic amines) is 1. The standard InChI is InChI=1S/C13H24N4O/c1-11(10-18-3)17-7-5-14-13(17)15-8-12-4-6-16(2)9-12/h5,7,11-12H,4,6,8-10H2,1-3H3,(H,14,15). The lowest BCUT2D eigenvalue weighted by Crippen LogP contribution is -2.21. The van der Waals surface area contributed by atoms with Gasteiger partial charge in [-0.1, -0.05) is 0 Å². The Kier molecular flexibility index (Phi) is 4.60. The van der Waals surface area contributed by atoms with Crippen molar-refractivity contribution < 1.29 is 4.74 Å². The number of methoxy groups -OCH3 is 1. The van der Waals surface area contributed by atoms with Crippen LogP contribution >= 0.6 is 0 Å². The summed E-state index contributed by atoms with van der Waals surface area (Å²) < 4.78 is 7.33. The van der Waals surface area contributed by atoms with Crippen molar-refractivity contribution in [3.05, 3.63) is 12.4 Å². The summed E-state index contributed by atoms with van der Waals surface area (Å²) in [5.41, 5.74) is 0. The average molecular weight is 252 g/mol. The van der Waals surface area contributed by atoms with Gasteiger partial charge >= 0.3 is 0 Å². The molecule has 2 rings (SSSR count). The molecule has 0 saturated carbocycles. The van der Waals surface area contributed by atoms with Crippen molar-refractivity contribution in [1.82, 2.24) is 14.5 Å². The molecule has 1 N–H and O–H groups in total. The van der Waals surface area contributed by atoms with Crippen LogP contribution in [0.5, 0.6) is 0 Å². The summed E-state index contributed by atoms with van der Waals surface area (Å²) in [5, 5.41) is 3.46. The van der Waals surface area contributed by atoms with E-state index in [0.29, 0.717) is 12.6 Å². The Balaban J connectivity index is 1.87. The topological polar surface area (TPSA) is 42.3 Å². The Hall–Kier alpha value is -1.07. The fourth-order valence-corrected chi connectivity index (χ4v) is 2.56. The zero-order chi connectivity index (χ0) is 13.0. The molecule has 18 heavy (non-hydrogen) atoms. The third kappa shape index (κ3) is 3.23. The minimum absolute atomic E-state index is 0.311. The maximum absolute atomic E-state index is 5.19. The van der Waals surface area contributed by atoms with Crippen molar-refractivity contribution in [3.8, 4) is 0 Å². The third-order valence-corrected chi connectivity index (χ3v) is 3.59. The van der Waals surface area contributed by atoms with E-state index < -0.39 is 0 Å². The second-order valence-electron chi connectivity index (χ2n) is 5.26. The van der Waals surface area contributed by atoms with Crippen molar-refractivity contribution in [1.29, 1.82) is 0 Å². The number of hydrogen-bond donors (Lipinski definition) is 1. The number of nitrogens with zero attached hydrogens (tertiary/aromatic N) is 3. The quantitative estimate of drug-likeness (QED) is 0.832. The highest BCUT2D eigenvalue weighted by Gasteiger charge is 2.19. The Bertz CT molecular complexity index is 366. The van der Waals surface area contributed by atoms with Gasteiger partial charge in [0, 0.05) is 32.6 Å². The molecule has 1 aliphatic rings. The van der Waals surface area contributed by atoms with Gasteiger partial charge in [0.15, 0.2) is 0 Å². The summed E-state index contributed by atoms with van der Waals surface area (Å²) >= 11 is 0. The van der Waals surface area contributed by atoms with Gasteiger partial charge < -0.3 is 19.5 Å². The molecule has 2 unspecified atom stereocenters. The van der Waals surface area contributed by atoms with Crippen LogP contribution in [0, 0.1) is 5.92 Å². The van der Waals surface area contributed by atoms with Gasteiger partial charge in [-0.2, -0.15) is 0 Å². The monoisotopic (exact) mass is 252 g/mol. The minimum atomic E-state index is 0.311. The van der Waals surface area contributed by atoms with Crippen molar-refractivity contribution in [2.75, 3.05) is 45.7 Å². The van der Waals surface area contributed by atoms with Crippen molar-refractivity contribution in [3.63, 3.8) is 0 Å². The lowest BCUT2D eigenvalue weighted by atomic mass is 10.1. The highest BCUT2D eigenvalue weighted by molar-refractivity contribution is 5.26. The lowest BCUT2D eigenvalue weighted by Gasteiger charge is -2.17. The van der Waals surface area contributed by atoms with Crippen molar-refractivity contribution in [2.24, 2.45) is 5.92 Å². The molecule has 0 spiro atoms. The van der Waals surface area contributed by atoms with E-state index in [1.807, 2.05) is 12.4 Å². The first-order chi connectivity index (χ1) is 8.70. The Morgan fingerprint density at radius 1 is 1.61 bits per heavy atom. The Morgan fingerprint density at radius 2 is 2.44 bits per heavy atom. The first-order valence-electron chi connectivity index (χ1n) is 6.65.